The van der Waals surface area contributed by atoms with Gasteiger partial charge < -0.3 is 5.73 Å². The summed E-state index contributed by atoms with van der Waals surface area (Å²) in [5, 5.41) is 0. The van der Waals surface area contributed by atoms with Crippen molar-refractivity contribution in [1.29, 1.82) is 0 Å². The maximum atomic E-state index is 13.6. The van der Waals surface area contributed by atoms with Gasteiger partial charge in [-0.2, -0.15) is 0 Å². The van der Waals surface area contributed by atoms with Gasteiger partial charge in [-0.15, -0.1) is 0 Å². The Bertz CT molecular complexity index is 521. The first kappa shape index (κ1) is 10.6. The van der Waals surface area contributed by atoms with E-state index in [0.717, 1.165) is 5.56 Å². The van der Waals surface area contributed by atoms with Crippen LogP contribution in [0.2, 0.25) is 0 Å². The van der Waals surface area contributed by atoms with E-state index in [-0.39, 0.29) is 0 Å². The number of hydrogen-bond acceptors (Lipinski definition) is 1. The van der Waals surface area contributed by atoms with E-state index in [0.29, 0.717) is 11.1 Å². The zero-order valence-electron chi connectivity index (χ0n) is 8.80. The third-order valence-electron chi connectivity index (χ3n) is 2.58. The maximum Gasteiger partial charge on any atom is 0.152 e. The van der Waals surface area contributed by atoms with Gasteiger partial charge in [0.2, 0.25) is 0 Å². The van der Waals surface area contributed by atoms with Crippen LogP contribution in [0.1, 0.15) is 5.56 Å². The van der Waals surface area contributed by atoms with E-state index < -0.39 is 17.3 Å². The highest BCUT2D eigenvalue weighted by Crippen LogP contribution is 2.29. The summed E-state index contributed by atoms with van der Waals surface area (Å²) < 4.78 is 26.9. The topological polar surface area (TPSA) is 26.0 Å². The fourth-order valence-corrected chi connectivity index (χ4v) is 1.66. The summed E-state index contributed by atoms with van der Waals surface area (Å²) in [7, 11) is 0. The van der Waals surface area contributed by atoms with Gasteiger partial charge in [-0.25, -0.2) is 8.78 Å². The summed E-state index contributed by atoms with van der Waals surface area (Å²) in [4.78, 5) is 0. The number of nitrogen functional groups attached to an aromatic ring is 1. The molecule has 3 heteroatoms. The number of rotatable bonds is 1. The predicted octanol–water partition coefficient (Wildman–Crippen LogP) is 3.52. The fraction of sp³-hybridized carbons (Fsp3) is 0.0769. The van der Waals surface area contributed by atoms with Crippen molar-refractivity contribution in [2.24, 2.45) is 0 Å². The second-order valence-corrected chi connectivity index (χ2v) is 3.62. The molecule has 2 N–H and O–H groups in total. The zero-order chi connectivity index (χ0) is 11.7. The van der Waals surface area contributed by atoms with Crippen molar-refractivity contribution in [3.05, 3.63) is 53.6 Å². The average Bonchev–Trinajstić information content (AvgIpc) is 2.32. The van der Waals surface area contributed by atoms with Gasteiger partial charge in [0.05, 0.1) is 0 Å². The highest BCUT2D eigenvalue weighted by atomic mass is 19.1. The van der Waals surface area contributed by atoms with Gasteiger partial charge in [0, 0.05) is 0 Å². The highest BCUT2D eigenvalue weighted by molar-refractivity contribution is 5.70. The van der Waals surface area contributed by atoms with Crippen molar-refractivity contribution in [2.45, 2.75) is 6.92 Å². The summed E-state index contributed by atoms with van der Waals surface area (Å²) in [6.45, 7) is 1.59. The summed E-state index contributed by atoms with van der Waals surface area (Å²) in [6.07, 6.45) is 0. The molecule has 82 valence electrons. The lowest BCUT2D eigenvalue weighted by Crippen LogP contribution is -2.00. The van der Waals surface area contributed by atoms with Crippen LogP contribution in [0.5, 0.6) is 0 Å². The summed E-state index contributed by atoms with van der Waals surface area (Å²) in [6, 6.07) is 10.4. The molecule has 0 aliphatic heterocycles. The molecule has 0 fully saturated rings. The largest absolute Gasteiger partial charge is 0.394 e. The molecule has 0 bridgehead atoms. The van der Waals surface area contributed by atoms with Gasteiger partial charge in [0.25, 0.3) is 0 Å². The number of benzene rings is 2. The van der Waals surface area contributed by atoms with Gasteiger partial charge in [0.1, 0.15) is 11.5 Å². The number of anilines is 1. The van der Waals surface area contributed by atoms with E-state index >= 15 is 0 Å². The third kappa shape index (κ3) is 1.65. The van der Waals surface area contributed by atoms with Crippen molar-refractivity contribution in [3.8, 4) is 11.1 Å². The van der Waals surface area contributed by atoms with Crippen molar-refractivity contribution >= 4 is 5.69 Å². The Hall–Kier alpha value is -1.90. The summed E-state index contributed by atoms with van der Waals surface area (Å²) >= 11 is 0. The molecule has 0 unspecified atom stereocenters. The second kappa shape index (κ2) is 3.93. The van der Waals surface area contributed by atoms with Crippen LogP contribution in [0.4, 0.5) is 14.5 Å². The Morgan fingerprint density at radius 1 is 1.06 bits per heavy atom. The van der Waals surface area contributed by atoms with Crippen molar-refractivity contribution in [1.82, 2.24) is 0 Å². The monoisotopic (exact) mass is 219 g/mol. The molecule has 0 radical (unpaired) electrons. The van der Waals surface area contributed by atoms with Gasteiger partial charge >= 0.3 is 0 Å². The molecule has 1 nitrogen and oxygen atoms in total. The normalized spacial score (nSPS) is 10.4. The maximum absolute atomic E-state index is 13.6. The Kier molecular flexibility index (Phi) is 2.60. The smallest absolute Gasteiger partial charge is 0.152 e. The van der Waals surface area contributed by atoms with Crippen molar-refractivity contribution in [2.75, 3.05) is 5.73 Å². The van der Waals surface area contributed by atoms with Crippen LogP contribution in [0.3, 0.4) is 0 Å². The average molecular weight is 219 g/mol. The number of nitrogens with two attached hydrogens (primary N) is 1. The zero-order valence-corrected chi connectivity index (χ0v) is 8.80. The molecule has 16 heavy (non-hydrogen) atoms. The number of halogens is 2. The van der Waals surface area contributed by atoms with Crippen molar-refractivity contribution in [3.63, 3.8) is 0 Å². The molecule has 0 aliphatic rings. The van der Waals surface area contributed by atoms with Gasteiger partial charge in [-0.05, 0) is 29.7 Å². The Morgan fingerprint density at radius 2 is 1.69 bits per heavy atom. The van der Waals surface area contributed by atoms with E-state index in [1.807, 2.05) is 18.2 Å². The van der Waals surface area contributed by atoms with Crippen LogP contribution in [0, 0.1) is 18.6 Å². The van der Waals surface area contributed by atoms with E-state index in [1.165, 1.54) is 6.07 Å². The van der Waals surface area contributed by atoms with Gasteiger partial charge in [-0.1, -0.05) is 30.3 Å². The quantitative estimate of drug-likeness (QED) is 0.729. The van der Waals surface area contributed by atoms with E-state index in [2.05, 4.69) is 0 Å². The second-order valence-electron chi connectivity index (χ2n) is 3.62. The van der Waals surface area contributed by atoms with Crippen molar-refractivity contribution < 1.29 is 8.78 Å². The molecular weight excluding hydrogens is 208 g/mol. The molecule has 0 amide bonds. The fourth-order valence-electron chi connectivity index (χ4n) is 1.66. The Labute approximate surface area is 92.5 Å². The minimum atomic E-state index is -0.720. The van der Waals surface area contributed by atoms with E-state index in [9.17, 15) is 8.78 Å². The van der Waals surface area contributed by atoms with Crippen LogP contribution in [0.15, 0.2) is 36.4 Å². The third-order valence-corrected chi connectivity index (χ3v) is 2.58. The molecule has 2 aromatic carbocycles. The molecule has 0 heterocycles. The Morgan fingerprint density at radius 3 is 2.31 bits per heavy atom. The highest BCUT2D eigenvalue weighted by Gasteiger charge is 2.13. The predicted molar refractivity (Wildman–Crippen MR) is 60.9 cm³/mol. The first-order chi connectivity index (χ1) is 7.61. The van der Waals surface area contributed by atoms with E-state index in [1.54, 1.807) is 19.1 Å². The lowest BCUT2D eigenvalue weighted by molar-refractivity contribution is 0.587. The SMILES string of the molecule is Cc1c(-c2ccccc2)cc(F)c(N)c1F. The molecule has 0 saturated heterocycles. The first-order valence-corrected chi connectivity index (χ1v) is 4.90. The molecule has 2 rings (SSSR count). The minimum Gasteiger partial charge on any atom is -0.394 e. The van der Waals surface area contributed by atoms with Crippen LogP contribution >= 0.6 is 0 Å². The molecule has 0 aromatic heterocycles. The van der Waals surface area contributed by atoms with Crippen LogP contribution in [-0.2, 0) is 0 Å². The standard InChI is InChI=1S/C13H11F2N/c1-8-10(9-5-3-2-4-6-9)7-11(14)13(16)12(8)15/h2-7H,16H2,1H3. The van der Waals surface area contributed by atoms with Crippen LogP contribution in [0.25, 0.3) is 11.1 Å². The molecule has 0 spiro atoms. The van der Waals surface area contributed by atoms with Gasteiger partial charge in [-0.3, -0.25) is 0 Å². The van der Waals surface area contributed by atoms with Gasteiger partial charge in [0.15, 0.2) is 5.82 Å². The molecule has 0 atom stereocenters. The lowest BCUT2D eigenvalue weighted by Gasteiger charge is -2.09. The van der Waals surface area contributed by atoms with E-state index in [4.69, 9.17) is 5.73 Å². The lowest BCUT2D eigenvalue weighted by atomic mass is 9.99. The van der Waals surface area contributed by atoms with Crippen LogP contribution < -0.4 is 5.73 Å². The Balaban J connectivity index is 2.68. The molecule has 0 aliphatic carbocycles. The molecule has 0 saturated carbocycles. The molecular formula is C13H11F2N. The first-order valence-electron chi connectivity index (χ1n) is 4.90. The van der Waals surface area contributed by atoms with Crippen LogP contribution in [-0.4, -0.2) is 0 Å². The summed E-state index contributed by atoms with van der Waals surface area (Å²) in [5.74, 6) is -1.40. The minimum absolute atomic E-state index is 0.366. The molecule has 2 aromatic rings. The summed E-state index contributed by atoms with van der Waals surface area (Å²) in [5.41, 5.74) is 6.53. The number of hydrogen-bond donors (Lipinski definition) is 1.